The lowest BCUT2D eigenvalue weighted by Crippen LogP contribution is -2.36. The second-order valence-corrected chi connectivity index (χ2v) is 12.5. The van der Waals surface area contributed by atoms with Gasteiger partial charge in [0, 0.05) is 45.4 Å². The average molecular weight is 542 g/mol. The van der Waals surface area contributed by atoms with Crippen molar-refractivity contribution in [2.45, 2.75) is 29.9 Å². The Morgan fingerprint density at radius 3 is 2.37 bits per heavy atom. The summed E-state index contributed by atoms with van der Waals surface area (Å²) in [5.41, 5.74) is 1.28. The number of rotatable bonds is 8. The molecule has 0 saturated carbocycles. The van der Waals surface area contributed by atoms with Gasteiger partial charge in [0.2, 0.25) is 0 Å². The summed E-state index contributed by atoms with van der Waals surface area (Å²) in [4.78, 5) is 30.1. The number of fused-ring (bicyclic) bond motifs is 1. The van der Waals surface area contributed by atoms with Crippen LogP contribution in [0.2, 0.25) is 0 Å². The summed E-state index contributed by atoms with van der Waals surface area (Å²) >= 11 is 0. The lowest BCUT2D eigenvalue weighted by atomic mass is 10.0. The van der Waals surface area contributed by atoms with Crippen molar-refractivity contribution in [2.24, 2.45) is 11.8 Å². The Kier molecular flexibility index (Phi) is 8.01. The van der Waals surface area contributed by atoms with Crippen LogP contribution in [0.5, 0.6) is 0 Å². The van der Waals surface area contributed by atoms with E-state index in [9.17, 15) is 18.0 Å². The van der Waals surface area contributed by atoms with Gasteiger partial charge in [0.15, 0.2) is 9.84 Å². The third kappa shape index (κ3) is 6.19. The molecule has 2 aromatic rings. The molecule has 9 nitrogen and oxygen atoms in total. The largest absolute Gasteiger partial charge is 0.444 e. The van der Waals surface area contributed by atoms with Crippen molar-refractivity contribution in [1.29, 1.82) is 0 Å². The van der Waals surface area contributed by atoms with Crippen LogP contribution < -0.4 is 5.32 Å². The maximum Gasteiger partial charge on any atom is 0.407 e. The second kappa shape index (κ2) is 11.4. The monoisotopic (exact) mass is 541 g/mol. The molecule has 0 radical (unpaired) electrons. The van der Waals surface area contributed by atoms with Gasteiger partial charge in [-0.2, -0.15) is 0 Å². The van der Waals surface area contributed by atoms with Gasteiger partial charge in [-0.1, -0.05) is 42.5 Å². The normalized spacial score (nSPS) is 24.2. The highest BCUT2D eigenvalue weighted by atomic mass is 32.2. The number of likely N-dealkylation sites (tertiary alicyclic amines) is 2. The molecule has 2 aromatic carbocycles. The third-order valence-electron chi connectivity index (χ3n) is 7.76. The zero-order chi connectivity index (χ0) is 26.7. The van der Waals surface area contributed by atoms with Crippen molar-refractivity contribution in [3.05, 3.63) is 65.7 Å². The number of sulfone groups is 1. The van der Waals surface area contributed by atoms with Crippen LogP contribution in [-0.2, 0) is 19.3 Å². The molecule has 10 heteroatoms. The molecule has 0 spiro atoms. The van der Waals surface area contributed by atoms with E-state index in [1.807, 2.05) is 30.3 Å². The summed E-state index contributed by atoms with van der Waals surface area (Å²) in [6.07, 6.45) is 1.98. The lowest BCUT2D eigenvalue weighted by Gasteiger charge is -2.25. The molecule has 5 rings (SSSR count). The number of carbonyl (C=O) groups is 2. The highest BCUT2D eigenvalue weighted by Gasteiger charge is 2.42. The maximum atomic E-state index is 13.2. The molecule has 4 atom stereocenters. The van der Waals surface area contributed by atoms with E-state index in [-0.39, 0.29) is 28.5 Å². The minimum absolute atomic E-state index is 0.0853. The minimum Gasteiger partial charge on any atom is -0.444 e. The van der Waals surface area contributed by atoms with E-state index < -0.39 is 15.9 Å². The van der Waals surface area contributed by atoms with Crippen LogP contribution in [0.1, 0.15) is 34.8 Å². The zero-order valence-electron chi connectivity index (χ0n) is 21.6. The molecule has 3 fully saturated rings. The second-order valence-electron chi connectivity index (χ2n) is 10.5. The molecule has 3 saturated heterocycles. The molecule has 38 heavy (non-hydrogen) atoms. The number of hydrogen-bond acceptors (Lipinski definition) is 7. The van der Waals surface area contributed by atoms with Gasteiger partial charge < -0.3 is 24.6 Å². The fraction of sp³-hybridized carbons (Fsp3) is 0.500. The Hall–Kier alpha value is -2.95. The highest BCUT2D eigenvalue weighted by Crippen LogP contribution is 2.33. The molecule has 1 N–H and O–H groups in total. The van der Waals surface area contributed by atoms with E-state index in [0.717, 1.165) is 44.3 Å². The van der Waals surface area contributed by atoms with Crippen molar-refractivity contribution >= 4 is 21.8 Å². The summed E-state index contributed by atoms with van der Waals surface area (Å²) in [6.45, 7) is 4.84. The van der Waals surface area contributed by atoms with Crippen LogP contribution in [0.3, 0.4) is 0 Å². The van der Waals surface area contributed by atoms with E-state index in [4.69, 9.17) is 9.47 Å². The van der Waals surface area contributed by atoms with Gasteiger partial charge in [-0.05, 0) is 36.0 Å². The Morgan fingerprint density at radius 2 is 1.71 bits per heavy atom. The number of carbonyl (C=O) groups excluding carboxylic acids is 2. The first-order chi connectivity index (χ1) is 18.3. The first kappa shape index (κ1) is 26.6. The quantitative estimate of drug-likeness (QED) is 0.548. The molecule has 3 aliphatic heterocycles. The Balaban J connectivity index is 1.16. The first-order valence-corrected chi connectivity index (χ1v) is 15.1. The van der Waals surface area contributed by atoms with E-state index in [1.54, 1.807) is 23.1 Å². The Labute approximate surface area is 224 Å². The maximum absolute atomic E-state index is 13.2. The molecule has 2 amide bonds. The summed E-state index contributed by atoms with van der Waals surface area (Å²) in [5, 5.41) is 3.05. The van der Waals surface area contributed by atoms with Crippen molar-refractivity contribution in [3.63, 3.8) is 0 Å². The van der Waals surface area contributed by atoms with Crippen LogP contribution in [0.25, 0.3) is 0 Å². The van der Waals surface area contributed by atoms with E-state index >= 15 is 0 Å². The number of amides is 2. The summed E-state index contributed by atoms with van der Waals surface area (Å²) in [6, 6.07) is 16.2. The van der Waals surface area contributed by atoms with Gasteiger partial charge in [-0.25, -0.2) is 13.2 Å². The van der Waals surface area contributed by atoms with Crippen LogP contribution >= 0.6 is 0 Å². The molecular weight excluding hydrogens is 506 g/mol. The first-order valence-electron chi connectivity index (χ1n) is 13.2. The van der Waals surface area contributed by atoms with E-state index in [2.05, 4.69) is 10.2 Å². The standard InChI is InChI=1S/C28H35N3O6S/c1-38(34,35)26-10-6-5-9-24(26)27(32)31-17-21-15-30(16-22(21)18-31)13-11-25(20-7-3-2-4-8-20)29-28(33)37-23-12-14-36-19-23/h2-10,21-23,25H,11-19H2,1H3,(H,29,33)/t21-,22?,23?,25?/m0/s1. The van der Waals surface area contributed by atoms with Gasteiger partial charge in [-0.3, -0.25) is 4.79 Å². The van der Waals surface area contributed by atoms with Gasteiger partial charge in [-0.15, -0.1) is 0 Å². The topological polar surface area (TPSA) is 105 Å². The van der Waals surface area contributed by atoms with Crippen LogP contribution in [0, 0.1) is 11.8 Å². The van der Waals surface area contributed by atoms with Crippen molar-refractivity contribution < 1.29 is 27.5 Å². The molecule has 0 aromatic heterocycles. The van der Waals surface area contributed by atoms with Gasteiger partial charge in [0.25, 0.3) is 5.91 Å². The molecular formula is C28H35N3O6S. The number of ether oxygens (including phenoxy) is 2. The summed E-state index contributed by atoms with van der Waals surface area (Å²) < 4.78 is 35.2. The van der Waals surface area contributed by atoms with Crippen molar-refractivity contribution in [2.75, 3.05) is 52.2 Å². The molecule has 0 bridgehead atoms. The number of nitrogens with zero attached hydrogens (tertiary/aromatic N) is 2. The number of alkyl carbamates (subject to hydrolysis) is 1. The van der Waals surface area contributed by atoms with E-state index in [0.29, 0.717) is 38.1 Å². The predicted molar refractivity (Wildman–Crippen MR) is 142 cm³/mol. The van der Waals surface area contributed by atoms with Gasteiger partial charge >= 0.3 is 6.09 Å². The van der Waals surface area contributed by atoms with Gasteiger partial charge in [0.1, 0.15) is 6.10 Å². The number of nitrogens with one attached hydrogen (secondary N) is 1. The van der Waals surface area contributed by atoms with Crippen molar-refractivity contribution in [1.82, 2.24) is 15.1 Å². The SMILES string of the molecule is CS(=O)(=O)c1ccccc1C(=O)N1CC2CN(CCC(NC(=O)OC3CCOC3)c3ccccc3)C[C@H]2C1. The van der Waals surface area contributed by atoms with Gasteiger partial charge in [0.05, 0.1) is 29.7 Å². The Morgan fingerprint density at radius 1 is 1.03 bits per heavy atom. The van der Waals surface area contributed by atoms with Crippen LogP contribution in [-0.4, -0.2) is 88.5 Å². The lowest BCUT2D eigenvalue weighted by molar-refractivity contribution is 0.0770. The fourth-order valence-corrected chi connectivity index (χ4v) is 6.71. The third-order valence-corrected chi connectivity index (χ3v) is 8.91. The highest BCUT2D eigenvalue weighted by molar-refractivity contribution is 7.90. The van der Waals surface area contributed by atoms with Crippen molar-refractivity contribution in [3.8, 4) is 0 Å². The zero-order valence-corrected chi connectivity index (χ0v) is 22.4. The average Bonchev–Trinajstić information content (AvgIpc) is 3.63. The van der Waals surface area contributed by atoms with Crippen LogP contribution in [0.4, 0.5) is 4.79 Å². The predicted octanol–water partition coefficient (Wildman–Crippen LogP) is 2.74. The molecule has 3 heterocycles. The molecule has 0 aliphatic carbocycles. The molecule has 204 valence electrons. The molecule has 3 unspecified atom stereocenters. The number of hydrogen-bond donors (Lipinski definition) is 1. The Bertz CT molecular complexity index is 1230. The summed E-state index contributed by atoms with van der Waals surface area (Å²) in [5.74, 6) is 0.478. The molecule has 3 aliphatic rings. The minimum atomic E-state index is -3.49. The smallest absolute Gasteiger partial charge is 0.407 e. The number of benzene rings is 2. The van der Waals surface area contributed by atoms with Crippen LogP contribution in [0.15, 0.2) is 59.5 Å². The fourth-order valence-electron chi connectivity index (χ4n) is 5.83. The summed E-state index contributed by atoms with van der Waals surface area (Å²) in [7, 11) is -3.49. The van der Waals surface area contributed by atoms with E-state index in [1.165, 1.54) is 6.07 Å².